The summed E-state index contributed by atoms with van der Waals surface area (Å²) in [7, 11) is 0. The molecule has 2 aromatic heterocycles. The van der Waals surface area contributed by atoms with E-state index in [0.717, 1.165) is 16.6 Å². The van der Waals surface area contributed by atoms with Gasteiger partial charge in [0, 0.05) is 10.2 Å². The van der Waals surface area contributed by atoms with Crippen LogP contribution in [0.1, 0.15) is 25.8 Å². The van der Waals surface area contributed by atoms with E-state index in [1.165, 1.54) is 15.0 Å². The van der Waals surface area contributed by atoms with E-state index in [2.05, 4.69) is 66.6 Å². The first-order chi connectivity index (χ1) is 9.51. The fourth-order valence-electron chi connectivity index (χ4n) is 1.85. The van der Waals surface area contributed by atoms with Gasteiger partial charge < -0.3 is 5.32 Å². The number of hydrogen-bond donors (Lipinski definition) is 1. The Hall–Kier alpha value is -1.30. The highest BCUT2D eigenvalue weighted by Gasteiger charge is 2.13. The summed E-state index contributed by atoms with van der Waals surface area (Å²) in [4.78, 5) is 1.20. The molecule has 1 aromatic carbocycles. The Bertz CT molecular complexity index is 689. The summed E-state index contributed by atoms with van der Waals surface area (Å²) in [5.74, 6) is 0. The lowest BCUT2D eigenvalue weighted by Gasteiger charge is -2.19. The molecule has 0 amide bonds. The van der Waals surface area contributed by atoms with Gasteiger partial charge >= 0.3 is 0 Å². The highest BCUT2D eigenvalue weighted by atomic mass is 32.1. The summed E-state index contributed by atoms with van der Waals surface area (Å²) in [5, 5.41) is 15.4. The topological polar surface area (TPSA) is 37.8 Å². The molecule has 3 nitrogen and oxygen atoms in total. The van der Waals surface area contributed by atoms with Crippen LogP contribution in [0.15, 0.2) is 30.3 Å². The molecule has 0 saturated carbocycles. The van der Waals surface area contributed by atoms with E-state index in [1.54, 1.807) is 22.7 Å². The van der Waals surface area contributed by atoms with Gasteiger partial charge in [0.05, 0.1) is 11.4 Å². The number of rotatable bonds is 3. The molecule has 20 heavy (non-hydrogen) atoms. The van der Waals surface area contributed by atoms with Crippen LogP contribution in [-0.4, -0.2) is 15.7 Å². The van der Waals surface area contributed by atoms with E-state index >= 15 is 0 Å². The second-order valence-electron chi connectivity index (χ2n) is 5.75. The number of thiophene rings is 1. The standard InChI is InChI=1S/C15H17N3S2/c1-15(2,3)16-9-13-17-18-14(20-13)12-8-10-6-4-5-7-11(10)19-12/h4-8,16H,9H2,1-3H3. The highest BCUT2D eigenvalue weighted by molar-refractivity contribution is 7.25. The minimum absolute atomic E-state index is 0.101. The summed E-state index contributed by atoms with van der Waals surface area (Å²) in [6, 6.07) is 10.6. The van der Waals surface area contributed by atoms with Crippen molar-refractivity contribution in [3.8, 4) is 9.88 Å². The van der Waals surface area contributed by atoms with Gasteiger partial charge in [0.25, 0.3) is 0 Å². The largest absolute Gasteiger partial charge is 0.306 e. The first-order valence-electron chi connectivity index (χ1n) is 6.58. The predicted octanol–water partition coefficient (Wildman–Crippen LogP) is 4.31. The van der Waals surface area contributed by atoms with Crippen LogP contribution in [0.2, 0.25) is 0 Å². The molecule has 3 aromatic rings. The van der Waals surface area contributed by atoms with Crippen molar-refractivity contribution in [3.63, 3.8) is 0 Å². The van der Waals surface area contributed by atoms with Crippen molar-refractivity contribution in [2.45, 2.75) is 32.9 Å². The molecule has 0 aliphatic heterocycles. The summed E-state index contributed by atoms with van der Waals surface area (Å²) < 4.78 is 1.30. The fraction of sp³-hybridized carbons (Fsp3) is 0.333. The molecule has 0 fully saturated rings. The third-order valence-corrected chi connectivity index (χ3v) is 5.08. The minimum atomic E-state index is 0.101. The number of hydrogen-bond acceptors (Lipinski definition) is 5. The van der Waals surface area contributed by atoms with Crippen molar-refractivity contribution in [2.75, 3.05) is 0 Å². The molecular formula is C15H17N3S2. The lowest BCUT2D eigenvalue weighted by molar-refractivity contribution is 0.423. The Morgan fingerprint density at radius 2 is 1.90 bits per heavy atom. The van der Waals surface area contributed by atoms with Gasteiger partial charge in [-0.1, -0.05) is 29.5 Å². The zero-order valence-electron chi connectivity index (χ0n) is 11.8. The Morgan fingerprint density at radius 1 is 1.10 bits per heavy atom. The number of benzene rings is 1. The number of nitrogens with zero attached hydrogens (tertiary/aromatic N) is 2. The van der Waals surface area contributed by atoms with Gasteiger partial charge in [-0.3, -0.25) is 0 Å². The molecule has 0 radical (unpaired) electrons. The van der Waals surface area contributed by atoms with Crippen LogP contribution >= 0.6 is 22.7 Å². The van der Waals surface area contributed by atoms with Gasteiger partial charge in [0.15, 0.2) is 5.01 Å². The monoisotopic (exact) mass is 303 g/mol. The van der Waals surface area contributed by atoms with Crippen molar-refractivity contribution < 1.29 is 0 Å². The van der Waals surface area contributed by atoms with Crippen molar-refractivity contribution >= 4 is 32.8 Å². The maximum Gasteiger partial charge on any atom is 0.157 e. The van der Waals surface area contributed by atoms with Gasteiger partial charge in [0.1, 0.15) is 5.01 Å². The molecule has 0 unspecified atom stereocenters. The Labute approximate surface area is 126 Å². The highest BCUT2D eigenvalue weighted by Crippen LogP contribution is 2.34. The average molecular weight is 303 g/mol. The Morgan fingerprint density at radius 3 is 2.65 bits per heavy atom. The van der Waals surface area contributed by atoms with Gasteiger partial charge in [-0.2, -0.15) is 0 Å². The van der Waals surface area contributed by atoms with E-state index in [-0.39, 0.29) is 5.54 Å². The van der Waals surface area contributed by atoms with Crippen LogP contribution in [0, 0.1) is 0 Å². The maximum atomic E-state index is 4.32. The second kappa shape index (κ2) is 5.24. The Balaban J connectivity index is 1.82. The smallest absolute Gasteiger partial charge is 0.157 e. The van der Waals surface area contributed by atoms with E-state index in [4.69, 9.17) is 0 Å². The lowest BCUT2D eigenvalue weighted by atomic mass is 10.1. The third kappa shape index (κ3) is 3.06. The van der Waals surface area contributed by atoms with E-state index < -0.39 is 0 Å². The van der Waals surface area contributed by atoms with Crippen LogP contribution < -0.4 is 5.32 Å². The fourth-order valence-corrected chi connectivity index (χ4v) is 3.74. The van der Waals surface area contributed by atoms with Crippen molar-refractivity contribution in [3.05, 3.63) is 35.3 Å². The van der Waals surface area contributed by atoms with Gasteiger partial charge in [-0.15, -0.1) is 21.5 Å². The lowest BCUT2D eigenvalue weighted by Crippen LogP contribution is -2.35. The maximum absolute atomic E-state index is 4.32. The predicted molar refractivity (Wildman–Crippen MR) is 87.3 cm³/mol. The summed E-state index contributed by atoms with van der Waals surface area (Å²) >= 11 is 3.44. The van der Waals surface area contributed by atoms with Crippen LogP contribution in [0.4, 0.5) is 0 Å². The quantitative estimate of drug-likeness (QED) is 0.783. The van der Waals surface area contributed by atoms with E-state index in [9.17, 15) is 0 Å². The van der Waals surface area contributed by atoms with Gasteiger partial charge in [-0.05, 0) is 38.3 Å². The van der Waals surface area contributed by atoms with Gasteiger partial charge in [-0.25, -0.2) is 0 Å². The SMILES string of the molecule is CC(C)(C)NCc1nnc(-c2cc3ccccc3s2)s1. The average Bonchev–Trinajstić information content (AvgIpc) is 3.01. The van der Waals surface area contributed by atoms with Crippen LogP contribution in [0.25, 0.3) is 20.0 Å². The first-order valence-corrected chi connectivity index (χ1v) is 8.21. The van der Waals surface area contributed by atoms with Crippen molar-refractivity contribution in [2.24, 2.45) is 0 Å². The minimum Gasteiger partial charge on any atom is -0.306 e. The zero-order valence-corrected chi connectivity index (χ0v) is 13.4. The second-order valence-corrected chi connectivity index (χ2v) is 7.90. The third-order valence-electron chi connectivity index (χ3n) is 2.87. The van der Waals surface area contributed by atoms with E-state index in [1.807, 2.05) is 0 Å². The normalized spacial score (nSPS) is 12.2. The number of nitrogens with one attached hydrogen (secondary N) is 1. The molecule has 0 aliphatic carbocycles. The molecule has 2 heterocycles. The summed E-state index contributed by atoms with van der Waals surface area (Å²) in [5.41, 5.74) is 0.101. The number of aromatic nitrogens is 2. The van der Waals surface area contributed by atoms with E-state index in [0.29, 0.717) is 0 Å². The molecule has 3 rings (SSSR count). The zero-order chi connectivity index (χ0) is 14.2. The molecule has 0 atom stereocenters. The molecule has 0 saturated heterocycles. The van der Waals surface area contributed by atoms with Crippen LogP contribution in [0.3, 0.4) is 0 Å². The molecule has 0 aliphatic rings. The summed E-state index contributed by atoms with van der Waals surface area (Å²) in [6.45, 7) is 7.23. The number of fused-ring (bicyclic) bond motifs is 1. The van der Waals surface area contributed by atoms with Crippen molar-refractivity contribution in [1.29, 1.82) is 0 Å². The summed E-state index contributed by atoms with van der Waals surface area (Å²) in [6.07, 6.45) is 0. The van der Waals surface area contributed by atoms with Crippen LogP contribution in [-0.2, 0) is 6.54 Å². The molecule has 0 spiro atoms. The molecule has 104 valence electrons. The molecule has 0 bridgehead atoms. The molecule has 5 heteroatoms. The molecular weight excluding hydrogens is 286 g/mol. The Kier molecular flexibility index (Phi) is 3.58. The van der Waals surface area contributed by atoms with Gasteiger partial charge in [0.2, 0.25) is 0 Å². The van der Waals surface area contributed by atoms with Crippen LogP contribution in [0.5, 0.6) is 0 Å². The van der Waals surface area contributed by atoms with Crippen molar-refractivity contribution in [1.82, 2.24) is 15.5 Å². The first kappa shape index (κ1) is 13.7. The molecule has 1 N–H and O–H groups in total.